The van der Waals surface area contributed by atoms with Crippen LogP contribution in [0.1, 0.15) is 29.9 Å². The largest absolute Gasteiger partial charge is 0.394 e. The summed E-state index contributed by atoms with van der Waals surface area (Å²) in [6.07, 6.45) is -4.10. The number of aromatic nitrogens is 4. The maximum absolute atomic E-state index is 12.9. The van der Waals surface area contributed by atoms with Gasteiger partial charge in [0, 0.05) is 12.8 Å². The first-order chi connectivity index (χ1) is 20.3. The zero-order valence-electron chi connectivity index (χ0n) is 22.1. The molecule has 1 fully saturated rings. The van der Waals surface area contributed by atoms with Crippen molar-refractivity contribution in [1.82, 2.24) is 19.5 Å². The van der Waals surface area contributed by atoms with Crippen LogP contribution in [0.15, 0.2) is 59.7 Å². The molecule has 4 aromatic carbocycles. The van der Waals surface area contributed by atoms with Gasteiger partial charge in [-0.05, 0) is 49.5 Å². The number of anilines is 1. The first-order valence-corrected chi connectivity index (χ1v) is 13.7. The van der Waals surface area contributed by atoms with E-state index in [0.29, 0.717) is 11.1 Å². The number of benzene rings is 4. The number of ether oxygens (including phenoxy) is 1. The number of H-pyrrole nitrogens is 1. The Morgan fingerprint density at radius 2 is 1.83 bits per heavy atom. The molecule has 12 heteroatoms. The van der Waals surface area contributed by atoms with E-state index in [-0.39, 0.29) is 36.6 Å². The van der Waals surface area contributed by atoms with Gasteiger partial charge in [0.15, 0.2) is 16.9 Å². The van der Waals surface area contributed by atoms with Gasteiger partial charge in [-0.25, -0.2) is 4.98 Å². The summed E-state index contributed by atoms with van der Waals surface area (Å²) in [5, 5.41) is 62.7. The van der Waals surface area contributed by atoms with Crippen molar-refractivity contribution in [1.29, 1.82) is 0 Å². The van der Waals surface area contributed by atoms with Crippen molar-refractivity contribution in [3.8, 4) is 0 Å². The molecule has 1 aliphatic carbocycles. The van der Waals surface area contributed by atoms with E-state index in [1.807, 2.05) is 48.5 Å². The van der Waals surface area contributed by atoms with E-state index >= 15 is 0 Å². The molecular formula is C30H27N5O7. The summed E-state index contributed by atoms with van der Waals surface area (Å²) in [6, 6.07) is 15.9. The Morgan fingerprint density at radius 3 is 2.60 bits per heavy atom. The van der Waals surface area contributed by atoms with Crippen molar-refractivity contribution >= 4 is 49.4 Å². The Bertz CT molecular complexity index is 2060. The lowest BCUT2D eigenvalue weighted by molar-refractivity contribution is -0.120. The maximum atomic E-state index is 12.9. The molecule has 12 nitrogen and oxygen atoms in total. The lowest BCUT2D eigenvalue weighted by Crippen LogP contribution is -2.56. The molecule has 0 unspecified atom stereocenters. The van der Waals surface area contributed by atoms with Crippen molar-refractivity contribution in [3.05, 3.63) is 76.3 Å². The third kappa shape index (κ3) is 3.54. The van der Waals surface area contributed by atoms with Gasteiger partial charge in [-0.2, -0.15) is 4.98 Å². The highest BCUT2D eigenvalue weighted by Gasteiger charge is 2.47. The summed E-state index contributed by atoms with van der Waals surface area (Å²) in [5.41, 5.74) is -1.38. The number of aliphatic hydroxyl groups is 5. The molecule has 1 saturated heterocycles. The molecule has 0 amide bonds. The van der Waals surface area contributed by atoms with Crippen LogP contribution in [-0.2, 0) is 11.2 Å². The van der Waals surface area contributed by atoms with Crippen LogP contribution in [0.4, 0.5) is 5.95 Å². The molecule has 2 aliphatic rings. The van der Waals surface area contributed by atoms with Crippen LogP contribution in [0.3, 0.4) is 0 Å². The van der Waals surface area contributed by atoms with Crippen molar-refractivity contribution < 1.29 is 30.3 Å². The SMILES string of the molecule is O=c1[nH]c(N[C@@]2(O)Cc3c(cc4ccc5cccc6ccc3c4c56)[C@@H](O)[C@@H]2O)nc2c1ncn2[C@H]1C[C@H](O)[C@@H](CO)O1. The molecule has 7 N–H and O–H groups in total. The average molecular weight is 570 g/mol. The van der Waals surface area contributed by atoms with Crippen molar-refractivity contribution in [3.63, 3.8) is 0 Å². The molecule has 3 heterocycles. The second-order valence-electron chi connectivity index (χ2n) is 11.3. The van der Waals surface area contributed by atoms with Crippen molar-refractivity contribution in [2.75, 3.05) is 11.9 Å². The quantitative estimate of drug-likeness (QED) is 0.121. The zero-order chi connectivity index (χ0) is 28.9. The van der Waals surface area contributed by atoms with E-state index < -0.39 is 41.9 Å². The summed E-state index contributed by atoms with van der Waals surface area (Å²) in [4.78, 5) is 24.1. The minimum atomic E-state index is -2.11. The van der Waals surface area contributed by atoms with Crippen molar-refractivity contribution in [2.24, 2.45) is 0 Å². The topological polar surface area (TPSA) is 186 Å². The van der Waals surface area contributed by atoms with E-state index in [4.69, 9.17) is 4.74 Å². The van der Waals surface area contributed by atoms with Gasteiger partial charge in [0.05, 0.1) is 19.0 Å². The fourth-order valence-electron chi connectivity index (χ4n) is 6.73. The number of aliphatic hydroxyl groups excluding tert-OH is 4. The number of nitrogens with zero attached hydrogens (tertiary/aromatic N) is 3. The first-order valence-electron chi connectivity index (χ1n) is 13.7. The third-order valence-corrected chi connectivity index (χ3v) is 8.81. The number of rotatable bonds is 4. The average Bonchev–Trinajstić information content (AvgIpc) is 3.58. The number of hydrogen-bond acceptors (Lipinski definition) is 10. The molecule has 6 atom stereocenters. The fourth-order valence-corrected chi connectivity index (χ4v) is 6.73. The van der Waals surface area contributed by atoms with E-state index in [2.05, 4.69) is 20.3 Å². The highest BCUT2D eigenvalue weighted by atomic mass is 16.5. The minimum absolute atomic E-state index is 0.0105. The lowest BCUT2D eigenvalue weighted by atomic mass is 9.77. The van der Waals surface area contributed by atoms with E-state index in [9.17, 15) is 30.3 Å². The van der Waals surface area contributed by atoms with Gasteiger partial charge < -0.3 is 35.6 Å². The Balaban J connectivity index is 1.22. The van der Waals surface area contributed by atoms with Gasteiger partial charge in [-0.1, -0.05) is 42.5 Å². The lowest BCUT2D eigenvalue weighted by Gasteiger charge is -2.41. The predicted octanol–water partition coefficient (Wildman–Crippen LogP) is 1.41. The predicted molar refractivity (Wildman–Crippen MR) is 153 cm³/mol. The smallest absolute Gasteiger partial charge is 0.280 e. The Morgan fingerprint density at radius 1 is 1.07 bits per heavy atom. The summed E-state index contributed by atoms with van der Waals surface area (Å²) >= 11 is 0. The number of aromatic amines is 1. The summed E-state index contributed by atoms with van der Waals surface area (Å²) in [7, 11) is 0. The Hall–Kier alpha value is -4.17. The highest BCUT2D eigenvalue weighted by Crippen LogP contribution is 2.44. The second-order valence-corrected chi connectivity index (χ2v) is 11.3. The zero-order valence-corrected chi connectivity index (χ0v) is 22.1. The Kier molecular flexibility index (Phi) is 5.42. The molecule has 214 valence electrons. The normalized spacial score (nSPS) is 27.9. The van der Waals surface area contributed by atoms with Crippen molar-refractivity contribution in [2.45, 2.75) is 49.2 Å². The van der Waals surface area contributed by atoms with E-state index in [1.54, 1.807) is 0 Å². The minimum Gasteiger partial charge on any atom is -0.394 e. The summed E-state index contributed by atoms with van der Waals surface area (Å²) in [5.74, 6) is -0.151. The van der Waals surface area contributed by atoms with Gasteiger partial charge >= 0.3 is 0 Å². The first kappa shape index (κ1) is 25.5. The van der Waals surface area contributed by atoms with Gasteiger partial charge in [0.25, 0.3) is 5.56 Å². The molecule has 1 aliphatic heterocycles. The van der Waals surface area contributed by atoms with Crippen LogP contribution >= 0.6 is 0 Å². The van der Waals surface area contributed by atoms with Crippen LogP contribution in [0.2, 0.25) is 0 Å². The summed E-state index contributed by atoms with van der Waals surface area (Å²) in [6.45, 7) is -0.372. The molecule has 0 radical (unpaired) electrons. The molecule has 6 aromatic rings. The summed E-state index contributed by atoms with van der Waals surface area (Å²) < 4.78 is 7.19. The van der Waals surface area contributed by atoms with Gasteiger partial charge in [0.2, 0.25) is 5.95 Å². The number of fused-ring (bicyclic) bond motifs is 3. The molecule has 8 rings (SSSR count). The molecule has 0 bridgehead atoms. The van der Waals surface area contributed by atoms with Gasteiger partial charge in [-0.3, -0.25) is 14.3 Å². The standard InChI is InChI=1S/C30H27N5O7/c36-11-20-19(37)9-21(42-20)35-12-31-24-27(35)32-29(33-28(24)40)34-30(41)10-18-16-7-6-14-3-1-2-13-4-5-15(23(16)22(13)14)8-17(18)25(38)26(30)39/h1-8,12,19-21,25-26,36-39,41H,9-11H2,(H2,32,33,34,40)/t19-,20+,21+,25+,26-,30+/m0/s1. The number of hydrogen-bond donors (Lipinski definition) is 7. The molecule has 42 heavy (non-hydrogen) atoms. The molecular weight excluding hydrogens is 542 g/mol. The molecule has 2 aromatic heterocycles. The van der Waals surface area contributed by atoms with Crippen LogP contribution in [0.5, 0.6) is 0 Å². The van der Waals surface area contributed by atoms with Crippen LogP contribution in [0.25, 0.3) is 43.5 Å². The number of nitrogens with one attached hydrogen (secondary N) is 2. The maximum Gasteiger partial charge on any atom is 0.280 e. The van der Waals surface area contributed by atoms with Gasteiger partial charge in [0.1, 0.15) is 24.5 Å². The van der Waals surface area contributed by atoms with Crippen LogP contribution in [-0.4, -0.2) is 75.7 Å². The van der Waals surface area contributed by atoms with Gasteiger partial charge in [-0.15, -0.1) is 0 Å². The fraction of sp³-hybridized carbons (Fsp3) is 0.300. The van der Waals surface area contributed by atoms with E-state index in [0.717, 1.165) is 32.3 Å². The Labute approximate surface area is 236 Å². The monoisotopic (exact) mass is 569 g/mol. The second kappa shape index (κ2) is 8.91. The third-order valence-electron chi connectivity index (χ3n) is 8.81. The molecule has 0 saturated carbocycles. The van der Waals surface area contributed by atoms with Crippen LogP contribution in [0, 0.1) is 0 Å². The number of imidazole rings is 1. The highest BCUT2D eigenvalue weighted by molar-refractivity contribution is 6.23. The van der Waals surface area contributed by atoms with Crippen LogP contribution < -0.4 is 10.9 Å². The van der Waals surface area contributed by atoms with E-state index in [1.165, 1.54) is 10.9 Å². The molecule has 0 spiro atoms.